The van der Waals surface area contributed by atoms with Crippen molar-refractivity contribution in [3.8, 4) is 22.4 Å². The molecule has 8 nitrogen and oxygen atoms in total. The molecular weight excluding hydrogens is 621 g/mol. The van der Waals surface area contributed by atoms with Gasteiger partial charge in [-0.05, 0) is 72.0 Å². The van der Waals surface area contributed by atoms with Crippen LogP contribution in [0.25, 0.3) is 22.4 Å². The van der Waals surface area contributed by atoms with Gasteiger partial charge >= 0.3 is 5.97 Å². The molecule has 2 unspecified atom stereocenters. The molecule has 3 heterocycles. The Morgan fingerprint density at radius 3 is 2.31 bits per heavy atom. The van der Waals surface area contributed by atoms with E-state index in [1.54, 1.807) is 37.6 Å². The highest BCUT2D eigenvalue weighted by Crippen LogP contribution is 2.43. The highest BCUT2D eigenvalue weighted by Gasteiger charge is 2.34. The minimum Gasteiger partial charge on any atom is -0.458 e. The number of methoxy groups -OCH3 is 1. The number of nitrogens with zero attached hydrogens (tertiary/aromatic N) is 2. The number of ether oxygens (including phenoxy) is 3. The van der Waals surface area contributed by atoms with E-state index in [-0.39, 0.29) is 23.7 Å². The molecule has 3 aromatic carbocycles. The fourth-order valence-electron chi connectivity index (χ4n) is 6.55. The van der Waals surface area contributed by atoms with Crippen molar-refractivity contribution in [2.45, 2.75) is 64.1 Å². The Balaban J connectivity index is 1.40. The molecule has 0 saturated carbocycles. The van der Waals surface area contributed by atoms with Crippen LogP contribution in [0, 0.1) is 5.82 Å². The lowest BCUT2D eigenvalue weighted by Crippen LogP contribution is -2.39. The quantitative estimate of drug-likeness (QED) is 0.143. The van der Waals surface area contributed by atoms with Crippen LogP contribution in [-0.4, -0.2) is 47.0 Å². The summed E-state index contributed by atoms with van der Waals surface area (Å²) < 4.78 is 34.3. The molecule has 2 aromatic heterocycles. The van der Waals surface area contributed by atoms with Gasteiger partial charge in [-0.25, -0.2) is 9.18 Å². The number of carbonyl (C=O) groups excluding carboxylic acids is 2. The number of aromatic nitrogens is 2. The third kappa shape index (κ3) is 7.80. The van der Waals surface area contributed by atoms with Crippen LogP contribution >= 0.6 is 0 Å². The molecule has 0 bridgehead atoms. The molecule has 1 fully saturated rings. The Hall–Kier alpha value is -5.12. The number of para-hydroxylation sites is 1. The fraction of sp³-hybridized carbons (Fsp3) is 0.275. The lowest BCUT2D eigenvalue weighted by Gasteiger charge is -2.34. The minimum absolute atomic E-state index is 0.0552. The Morgan fingerprint density at radius 1 is 0.939 bits per heavy atom. The summed E-state index contributed by atoms with van der Waals surface area (Å²) in [4.78, 5) is 31.3. The molecule has 1 aliphatic heterocycles. The summed E-state index contributed by atoms with van der Waals surface area (Å²) >= 11 is 0. The summed E-state index contributed by atoms with van der Waals surface area (Å²) in [5, 5.41) is 3.11. The fourth-order valence-corrected chi connectivity index (χ4v) is 6.55. The van der Waals surface area contributed by atoms with E-state index in [0.29, 0.717) is 42.6 Å². The largest absolute Gasteiger partial charge is 0.458 e. The second-order valence-electron chi connectivity index (χ2n) is 12.4. The number of hydrogen-bond acceptors (Lipinski definition) is 6. The third-order valence-electron chi connectivity index (χ3n) is 8.72. The van der Waals surface area contributed by atoms with E-state index in [9.17, 15) is 14.0 Å². The molecule has 1 N–H and O–H groups in total. The molecule has 0 aliphatic carbocycles. The molecule has 0 spiro atoms. The van der Waals surface area contributed by atoms with Crippen LogP contribution in [-0.2, 0) is 20.8 Å². The smallest absolute Gasteiger partial charge is 0.339 e. The third-order valence-corrected chi connectivity index (χ3v) is 8.72. The van der Waals surface area contributed by atoms with Gasteiger partial charge in [-0.1, -0.05) is 62.4 Å². The topological polar surface area (TPSA) is 91.7 Å². The van der Waals surface area contributed by atoms with Crippen LogP contribution in [0.3, 0.4) is 0 Å². The maximum atomic E-state index is 14.4. The number of rotatable bonds is 11. The molecule has 49 heavy (non-hydrogen) atoms. The summed E-state index contributed by atoms with van der Waals surface area (Å²) in [6, 6.07) is 28.9. The molecule has 0 radical (unpaired) electrons. The number of pyridine rings is 1. The Kier molecular flexibility index (Phi) is 10.6. The number of benzene rings is 3. The molecule has 5 aromatic rings. The summed E-state index contributed by atoms with van der Waals surface area (Å²) in [6.07, 6.45) is 3.23. The van der Waals surface area contributed by atoms with Gasteiger partial charge in [0, 0.05) is 55.8 Å². The van der Waals surface area contributed by atoms with Gasteiger partial charge in [-0.15, -0.1) is 0 Å². The molecule has 9 heteroatoms. The average Bonchev–Trinajstić information content (AvgIpc) is 3.48. The Bertz CT molecular complexity index is 1860. The highest BCUT2D eigenvalue weighted by molar-refractivity contribution is 6.12. The normalized spacial score (nSPS) is 17.5. The minimum atomic E-state index is -0.552. The van der Waals surface area contributed by atoms with Crippen molar-refractivity contribution < 1.29 is 28.2 Å². The van der Waals surface area contributed by atoms with Crippen LogP contribution in [0.15, 0.2) is 109 Å². The van der Waals surface area contributed by atoms with Gasteiger partial charge in [0.2, 0.25) is 0 Å². The first-order chi connectivity index (χ1) is 23.8. The number of nitrogens with one attached hydrogen (secondary N) is 1. The van der Waals surface area contributed by atoms with Crippen LogP contribution in [0.2, 0.25) is 0 Å². The monoisotopic (exact) mass is 661 g/mol. The molecule has 252 valence electrons. The van der Waals surface area contributed by atoms with Gasteiger partial charge in [0.1, 0.15) is 11.9 Å². The van der Waals surface area contributed by atoms with Crippen molar-refractivity contribution >= 4 is 17.6 Å². The molecule has 1 aliphatic rings. The van der Waals surface area contributed by atoms with E-state index in [4.69, 9.17) is 14.2 Å². The Morgan fingerprint density at radius 2 is 1.65 bits per heavy atom. The van der Waals surface area contributed by atoms with E-state index >= 15 is 0 Å². The number of esters is 1. The van der Waals surface area contributed by atoms with Crippen molar-refractivity contribution in [3.63, 3.8) is 0 Å². The lowest BCUT2D eigenvalue weighted by molar-refractivity contribution is -0.205. The van der Waals surface area contributed by atoms with E-state index < -0.39 is 18.4 Å². The van der Waals surface area contributed by atoms with E-state index in [1.807, 2.05) is 60.7 Å². The average molecular weight is 662 g/mol. The second-order valence-corrected chi connectivity index (χ2v) is 12.4. The van der Waals surface area contributed by atoms with Gasteiger partial charge in [0.15, 0.2) is 6.29 Å². The first-order valence-electron chi connectivity index (χ1n) is 16.6. The molecule has 3 atom stereocenters. The summed E-state index contributed by atoms with van der Waals surface area (Å²) in [5.74, 6) is -1.07. The van der Waals surface area contributed by atoms with Crippen molar-refractivity contribution in [2.24, 2.45) is 0 Å². The zero-order valence-electron chi connectivity index (χ0n) is 27.8. The van der Waals surface area contributed by atoms with Gasteiger partial charge in [0.25, 0.3) is 5.91 Å². The number of carbonyl (C=O) groups is 2. The van der Waals surface area contributed by atoms with Crippen LogP contribution in [0.1, 0.15) is 65.4 Å². The number of amides is 1. The van der Waals surface area contributed by atoms with Crippen molar-refractivity contribution in [2.75, 3.05) is 12.4 Å². The van der Waals surface area contributed by atoms with Crippen LogP contribution < -0.4 is 5.32 Å². The van der Waals surface area contributed by atoms with Gasteiger partial charge in [0.05, 0.1) is 22.9 Å². The predicted octanol–water partition coefficient (Wildman–Crippen LogP) is 8.50. The standard InChI is InChI=1S/C40H40FN3O5/c1-26(2)37-36(39(45)43-31-14-8-5-9-15-31)35(27-11-6-4-7-12-27)38(28-16-18-30(41)19-17-28)44(37)22-20-32-23-33(24-34(47-3)48-32)49-40(46)29-13-10-21-42-25-29/h4-19,21,25-26,32-34H,20,22-24H2,1-3H3,(H,43,45)/t32-,33?,34?/m1/s1. The molecular formula is C40H40FN3O5. The SMILES string of the molecule is COC1CC(OC(=O)c2cccnc2)C[C@@H](CCn2c(-c3ccc(F)cc3)c(-c3ccccc3)c(C(=O)Nc3ccccc3)c2C(C)C)O1. The van der Waals surface area contributed by atoms with Crippen LogP contribution in [0.5, 0.6) is 0 Å². The van der Waals surface area contributed by atoms with E-state index in [1.165, 1.54) is 18.3 Å². The van der Waals surface area contributed by atoms with Gasteiger partial charge < -0.3 is 24.1 Å². The maximum Gasteiger partial charge on any atom is 0.339 e. The van der Waals surface area contributed by atoms with E-state index in [0.717, 1.165) is 28.1 Å². The first kappa shape index (κ1) is 33.8. The molecule has 1 amide bonds. The second kappa shape index (κ2) is 15.4. The number of anilines is 1. The molecule has 1 saturated heterocycles. The maximum absolute atomic E-state index is 14.4. The van der Waals surface area contributed by atoms with Crippen molar-refractivity contribution in [1.29, 1.82) is 0 Å². The number of halogens is 1. The van der Waals surface area contributed by atoms with Gasteiger partial charge in [-0.2, -0.15) is 0 Å². The lowest BCUT2D eigenvalue weighted by atomic mass is 9.94. The summed E-state index contributed by atoms with van der Waals surface area (Å²) in [6.45, 7) is 4.61. The van der Waals surface area contributed by atoms with Crippen molar-refractivity contribution in [1.82, 2.24) is 9.55 Å². The van der Waals surface area contributed by atoms with Crippen LogP contribution in [0.4, 0.5) is 10.1 Å². The van der Waals surface area contributed by atoms with E-state index in [2.05, 4.69) is 28.7 Å². The summed E-state index contributed by atoms with van der Waals surface area (Å²) in [7, 11) is 1.58. The molecule has 6 rings (SSSR count). The highest BCUT2D eigenvalue weighted by atomic mass is 19.1. The zero-order valence-corrected chi connectivity index (χ0v) is 27.8. The summed E-state index contributed by atoms with van der Waals surface area (Å²) in [5.41, 5.74) is 5.72. The van der Waals surface area contributed by atoms with Crippen molar-refractivity contribution in [3.05, 3.63) is 132 Å². The first-order valence-corrected chi connectivity index (χ1v) is 16.6. The predicted molar refractivity (Wildman–Crippen MR) is 187 cm³/mol. The number of hydrogen-bond donors (Lipinski definition) is 1. The zero-order chi connectivity index (χ0) is 34.3. The van der Waals surface area contributed by atoms with Gasteiger partial charge in [-0.3, -0.25) is 9.78 Å². The Labute approximate surface area is 285 Å².